The molecule has 2 heterocycles. The second-order valence-corrected chi connectivity index (χ2v) is 6.88. The molecule has 0 aliphatic carbocycles. The molecular formula is C21H16F3N3O2. The van der Waals surface area contributed by atoms with E-state index in [-0.39, 0.29) is 36.3 Å². The van der Waals surface area contributed by atoms with Crippen molar-refractivity contribution in [2.75, 3.05) is 0 Å². The van der Waals surface area contributed by atoms with Crippen LogP contribution >= 0.6 is 0 Å². The van der Waals surface area contributed by atoms with E-state index in [0.29, 0.717) is 21.8 Å². The summed E-state index contributed by atoms with van der Waals surface area (Å²) in [5, 5.41) is 5.24. The summed E-state index contributed by atoms with van der Waals surface area (Å²) in [7, 11) is 1.68. The Bertz CT molecular complexity index is 1320. The van der Waals surface area contributed by atoms with Crippen molar-refractivity contribution in [1.82, 2.24) is 14.3 Å². The fourth-order valence-electron chi connectivity index (χ4n) is 3.45. The molecule has 0 unspecified atom stereocenters. The monoisotopic (exact) mass is 399 g/mol. The number of pyridine rings is 1. The number of halogens is 3. The summed E-state index contributed by atoms with van der Waals surface area (Å²) in [5.41, 5.74) is 0.500. The molecule has 0 spiro atoms. The van der Waals surface area contributed by atoms with Crippen LogP contribution in [0.15, 0.2) is 47.4 Å². The zero-order chi connectivity index (χ0) is 20.7. The Labute approximate surface area is 163 Å². The fourth-order valence-corrected chi connectivity index (χ4v) is 3.45. The molecule has 29 heavy (non-hydrogen) atoms. The van der Waals surface area contributed by atoms with E-state index in [4.69, 9.17) is 0 Å². The molecule has 0 fully saturated rings. The number of carbonyl (C=O) groups is 1. The van der Waals surface area contributed by atoms with Crippen LogP contribution in [-0.4, -0.2) is 20.1 Å². The summed E-state index contributed by atoms with van der Waals surface area (Å²) >= 11 is 0. The molecule has 0 saturated carbocycles. The van der Waals surface area contributed by atoms with Gasteiger partial charge in [0.1, 0.15) is 28.8 Å². The normalized spacial score (nSPS) is 11.4. The van der Waals surface area contributed by atoms with E-state index in [9.17, 15) is 22.8 Å². The van der Waals surface area contributed by atoms with Crippen molar-refractivity contribution in [3.8, 4) is 0 Å². The van der Waals surface area contributed by atoms with Gasteiger partial charge < -0.3 is 4.57 Å². The van der Waals surface area contributed by atoms with Crippen LogP contribution in [0.3, 0.4) is 0 Å². The van der Waals surface area contributed by atoms with Crippen LogP contribution in [0.4, 0.5) is 13.2 Å². The van der Waals surface area contributed by atoms with Crippen molar-refractivity contribution in [3.05, 3.63) is 76.0 Å². The van der Waals surface area contributed by atoms with Crippen molar-refractivity contribution in [2.24, 2.45) is 7.05 Å². The molecular weight excluding hydrogens is 383 g/mol. The standard InChI is InChI=1S/C21H16F3N3O2/c1-26-11-17-20(25-26)16-5-4-14(23)10-19(16)27(21(17)29)7-6-15(28)8-12-2-3-13(22)9-18(12)24/h2-5,9-11H,6-8H2,1H3. The quantitative estimate of drug-likeness (QED) is 0.516. The lowest BCUT2D eigenvalue weighted by Crippen LogP contribution is -2.22. The zero-order valence-corrected chi connectivity index (χ0v) is 15.5. The van der Waals surface area contributed by atoms with Crippen LogP contribution in [0, 0.1) is 17.5 Å². The second kappa shape index (κ2) is 7.20. The van der Waals surface area contributed by atoms with Crippen LogP contribution < -0.4 is 5.56 Å². The third-order valence-corrected chi connectivity index (χ3v) is 4.83. The molecule has 5 nitrogen and oxygen atoms in total. The Balaban J connectivity index is 1.68. The molecule has 0 saturated heterocycles. The maximum absolute atomic E-state index is 13.8. The van der Waals surface area contributed by atoms with Gasteiger partial charge in [-0.05, 0) is 29.8 Å². The average Bonchev–Trinajstić information content (AvgIpc) is 3.06. The van der Waals surface area contributed by atoms with E-state index < -0.39 is 17.5 Å². The lowest BCUT2D eigenvalue weighted by atomic mass is 10.1. The van der Waals surface area contributed by atoms with Crippen LogP contribution in [-0.2, 0) is 24.8 Å². The van der Waals surface area contributed by atoms with Crippen molar-refractivity contribution in [2.45, 2.75) is 19.4 Å². The number of nitrogens with zero attached hydrogens (tertiary/aromatic N) is 3. The first kappa shape index (κ1) is 18.9. The third-order valence-electron chi connectivity index (χ3n) is 4.83. The van der Waals surface area contributed by atoms with Gasteiger partial charge in [0.2, 0.25) is 0 Å². The van der Waals surface area contributed by atoms with Gasteiger partial charge in [-0.2, -0.15) is 5.10 Å². The number of hydrogen-bond acceptors (Lipinski definition) is 3. The summed E-state index contributed by atoms with van der Waals surface area (Å²) < 4.78 is 43.5. The van der Waals surface area contributed by atoms with Gasteiger partial charge in [-0.15, -0.1) is 0 Å². The summed E-state index contributed by atoms with van der Waals surface area (Å²) in [6, 6.07) is 7.10. The van der Waals surface area contributed by atoms with E-state index in [1.807, 2.05) is 0 Å². The molecule has 0 bridgehead atoms. The van der Waals surface area contributed by atoms with E-state index >= 15 is 0 Å². The second-order valence-electron chi connectivity index (χ2n) is 6.88. The summed E-state index contributed by atoms with van der Waals surface area (Å²) in [4.78, 5) is 25.2. The molecule has 0 radical (unpaired) electrons. The van der Waals surface area contributed by atoms with Gasteiger partial charge in [0.05, 0.1) is 10.9 Å². The minimum atomic E-state index is -0.792. The number of fused-ring (bicyclic) bond motifs is 3. The van der Waals surface area contributed by atoms with E-state index in [0.717, 1.165) is 12.1 Å². The van der Waals surface area contributed by atoms with E-state index in [2.05, 4.69) is 5.10 Å². The Morgan fingerprint density at radius 2 is 1.76 bits per heavy atom. The summed E-state index contributed by atoms with van der Waals surface area (Å²) in [6.07, 6.45) is 1.29. The van der Waals surface area contributed by atoms with Crippen molar-refractivity contribution in [1.29, 1.82) is 0 Å². The van der Waals surface area contributed by atoms with Crippen LogP contribution in [0.5, 0.6) is 0 Å². The van der Waals surface area contributed by atoms with Gasteiger partial charge in [0, 0.05) is 44.1 Å². The SMILES string of the molecule is Cn1cc2c(=O)n(CCC(=O)Cc3ccc(F)cc3F)c3cc(F)ccc3c2n1. The molecule has 2 aromatic heterocycles. The van der Waals surface area contributed by atoms with Crippen LogP contribution in [0.25, 0.3) is 21.8 Å². The number of aryl methyl sites for hydroxylation is 2. The first-order chi connectivity index (χ1) is 13.8. The van der Waals surface area contributed by atoms with Gasteiger partial charge in [0.25, 0.3) is 5.56 Å². The van der Waals surface area contributed by atoms with Crippen molar-refractivity contribution >= 4 is 27.6 Å². The first-order valence-electron chi connectivity index (χ1n) is 8.94. The molecule has 0 aliphatic rings. The molecule has 4 rings (SSSR count). The number of aromatic nitrogens is 3. The third kappa shape index (κ3) is 3.53. The van der Waals surface area contributed by atoms with Gasteiger partial charge in [-0.25, -0.2) is 13.2 Å². The highest BCUT2D eigenvalue weighted by molar-refractivity contribution is 6.03. The highest BCUT2D eigenvalue weighted by Gasteiger charge is 2.16. The number of ketones is 1. The van der Waals surface area contributed by atoms with Crippen molar-refractivity contribution < 1.29 is 18.0 Å². The predicted molar refractivity (Wildman–Crippen MR) is 102 cm³/mol. The Morgan fingerprint density at radius 1 is 1.03 bits per heavy atom. The number of carbonyl (C=O) groups excluding carboxylic acids is 1. The number of hydrogen-bond donors (Lipinski definition) is 0. The molecule has 8 heteroatoms. The van der Waals surface area contributed by atoms with Gasteiger partial charge >= 0.3 is 0 Å². The Kier molecular flexibility index (Phi) is 4.70. The minimum Gasteiger partial charge on any atom is -0.307 e. The Morgan fingerprint density at radius 3 is 2.52 bits per heavy atom. The molecule has 148 valence electrons. The van der Waals surface area contributed by atoms with Crippen molar-refractivity contribution in [3.63, 3.8) is 0 Å². The number of Topliss-reactive ketones (excluding diaryl/α,β-unsaturated/α-hetero) is 1. The average molecular weight is 399 g/mol. The number of benzene rings is 2. The van der Waals surface area contributed by atoms with Gasteiger partial charge in [-0.1, -0.05) is 6.07 Å². The van der Waals surface area contributed by atoms with Gasteiger partial charge in [0.15, 0.2) is 0 Å². The molecule has 0 N–H and O–H groups in total. The molecule has 4 aromatic rings. The zero-order valence-electron chi connectivity index (χ0n) is 15.5. The Hall–Kier alpha value is -3.42. The highest BCUT2D eigenvalue weighted by Crippen LogP contribution is 2.22. The summed E-state index contributed by atoms with van der Waals surface area (Å²) in [6.45, 7) is 0.00523. The maximum atomic E-state index is 13.8. The van der Waals surface area contributed by atoms with E-state index in [1.54, 1.807) is 19.3 Å². The predicted octanol–water partition coefficient (Wildman–Crippen LogP) is 3.51. The lowest BCUT2D eigenvalue weighted by Gasteiger charge is -2.11. The minimum absolute atomic E-state index is 0.00523. The molecule has 0 amide bonds. The lowest BCUT2D eigenvalue weighted by molar-refractivity contribution is -0.118. The largest absolute Gasteiger partial charge is 0.307 e. The van der Waals surface area contributed by atoms with Crippen LogP contribution in [0.2, 0.25) is 0 Å². The fraction of sp³-hybridized carbons (Fsp3) is 0.190. The molecule has 0 atom stereocenters. The highest BCUT2D eigenvalue weighted by atomic mass is 19.1. The number of rotatable bonds is 5. The summed E-state index contributed by atoms with van der Waals surface area (Å²) in [5.74, 6) is -2.35. The van der Waals surface area contributed by atoms with Gasteiger partial charge in [-0.3, -0.25) is 14.3 Å². The topological polar surface area (TPSA) is 56.9 Å². The van der Waals surface area contributed by atoms with E-state index in [1.165, 1.54) is 27.4 Å². The molecule has 0 aliphatic heterocycles. The first-order valence-corrected chi connectivity index (χ1v) is 8.94. The molecule has 2 aromatic carbocycles. The van der Waals surface area contributed by atoms with Crippen LogP contribution in [0.1, 0.15) is 12.0 Å². The smallest absolute Gasteiger partial charge is 0.262 e. The maximum Gasteiger partial charge on any atom is 0.262 e.